The molecule has 27 heavy (non-hydrogen) atoms. The Morgan fingerprint density at radius 3 is 2.81 bits per heavy atom. The third-order valence-electron chi connectivity index (χ3n) is 5.27. The van der Waals surface area contributed by atoms with Gasteiger partial charge >= 0.3 is 0 Å². The van der Waals surface area contributed by atoms with Crippen LogP contribution in [0.25, 0.3) is 0 Å². The van der Waals surface area contributed by atoms with E-state index in [2.05, 4.69) is 0 Å². The summed E-state index contributed by atoms with van der Waals surface area (Å²) in [6.45, 7) is 0. The fourth-order valence-corrected chi connectivity index (χ4v) is 4.12. The second kappa shape index (κ2) is 6.55. The first kappa shape index (κ1) is 17.8. The quantitative estimate of drug-likeness (QED) is 0.555. The van der Waals surface area contributed by atoms with Crippen LogP contribution < -0.4 is 11.5 Å². The van der Waals surface area contributed by atoms with Gasteiger partial charge in [-0.05, 0) is 43.0 Å². The molecule has 0 aromatic heterocycles. The molecule has 1 fully saturated rings. The van der Waals surface area contributed by atoms with E-state index in [0.29, 0.717) is 29.0 Å². The van der Waals surface area contributed by atoms with Gasteiger partial charge < -0.3 is 21.3 Å². The van der Waals surface area contributed by atoms with Crippen molar-refractivity contribution in [3.8, 4) is 5.75 Å². The fourth-order valence-electron chi connectivity index (χ4n) is 3.82. The van der Waals surface area contributed by atoms with Gasteiger partial charge in [-0.15, -0.1) is 0 Å². The number of aliphatic imine (C=N–C) groups is 1. The maximum absolute atomic E-state index is 13.1. The number of fused-ring (bicyclic) bond motifs is 2. The number of aromatic hydroxyl groups is 1. The van der Waals surface area contributed by atoms with E-state index in [1.807, 2.05) is 18.2 Å². The molecule has 140 valence electrons. The van der Waals surface area contributed by atoms with Crippen LogP contribution in [0.3, 0.4) is 0 Å². The van der Waals surface area contributed by atoms with Crippen molar-refractivity contribution >= 4 is 29.0 Å². The van der Waals surface area contributed by atoms with Gasteiger partial charge in [0.15, 0.2) is 11.6 Å². The van der Waals surface area contributed by atoms with Crippen molar-refractivity contribution in [3.63, 3.8) is 0 Å². The molecule has 3 atom stereocenters. The highest BCUT2D eigenvalue weighted by atomic mass is 35.5. The number of nitrogen functional groups attached to an aromatic ring is 1. The molecule has 2 aromatic carbocycles. The molecule has 4 rings (SSSR count). The number of nitrogens with two attached hydrogens (primary N) is 2. The zero-order valence-corrected chi connectivity index (χ0v) is 15.3. The summed E-state index contributed by atoms with van der Waals surface area (Å²) in [6.07, 6.45) is 1.39. The Bertz CT molecular complexity index is 946. The molecule has 2 aliphatic rings. The van der Waals surface area contributed by atoms with Gasteiger partial charge in [0, 0.05) is 10.6 Å². The van der Waals surface area contributed by atoms with Crippen molar-refractivity contribution in [3.05, 3.63) is 58.6 Å². The van der Waals surface area contributed by atoms with E-state index >= 15 is 0 Å². The number of phenolic OH excluding ortho intramolecular Hbond substituents is 1. The van der Waals surface area contributed by atoms with Crippen LogP contribution in [-0.4, -0.2) is 22.9 Å². The average Bonchev–Trinajstić information content (AvgIpc) is 2.64. The fraction of sp³-hybridized carbons (Fsp3) is 0.300. The Morgan fingerprint density at radius 1 is 1.30 bits per heavy atom. The van der Waals surface area contributed by atoms with Crippen molar-refractivity contribution in [1.29, 1.82) is 0 Å². The maximum Gasteiger partial charge on any atom is 0.207 e. The number of ether oxygens (including phenoxy) is 1. The zero-order valence-electron chi connectivity index (χ0n) is 14.6. The molecule has 2 aromatic rings. The molecule has 1 saturated carbocycles. The normalized spacial score (nSPS) is 25.5. The molecular formula is C20H20ClN3O3. The van der Waals surface area contributed by atoms with Gasteiger partial charge in [0.2, 0.25) is 11.7 Å². The molecule has 0 saturated heterocycles. The predicted octanol–water partition coefficient (Wildman–Crippen LogP) is 3.07. The monoisotopic (exact) mass is 385 g/mol. The standard InChI is InChI=1S/C20H20ClN3O3/c21-13-5-2-1-4-12(13)20-9-3-6-16(18(20)26)27-19(24-20)17(23)11-7-8-15(25)14(22)10-11/h1-2,4-5,7-8,10,16-17,25H,3,6,9,22-23H2/t16-,17?,20-/m1/s1. The summed E-state index contributed by atoms with van der Waals surface area (Å²) in [5, 5.41) is 10.1. The van der Waals surface area contributed by atoms with Crippen molar-refractivity contribution in [1.82, 2.24) is 0 Å². The lowest BCUT2D eigenvalue weighted by molar-refractivity contribution is -0.137. The minimum Gasteiger partial charge on any atom is -0.506 e. The molecule has 0 radical (unpaired) electrons. The summed E-state index contributed by atoms with van der Waals surface area (Å²) < 4.78 is 5.87. The second-order valence-electron chi connectivity index (χ2n) is 6.95. The molecule has 1 aliphatic heterocycles. The van der Waals surface area contributed by atoms with Gasteiger partial charge in [-0.2, -0.15) is 0 Å². The van der Waals surface area contributed by atoms with Gasteiger partial charge in [0.1, 0.15) is 11.8 Å². The Morgan fingerprint density at radius 2 is 2.07 bits per heavy atom. The smallest absolute Gasteiger partial charge is 0.207 e. The van der Waals surface area contributed by atoms with Crippen LogP contribution in [0.5, 0.6) is 5.75 Å². The number of hydrogen-bond acceptors (Lipinski definition) is 6. The SMILES string of the molecule is Nc1cc(C(N)C2=N[C@@]3(c4ccccc4Cl)CCC[C@@H](O2)C3=O)ccc1O. The molecular weight excluding hydrogens is 366 g/mol. The summed E-state index contributed by atoms with van der Waals surface area (Å²) in [7, 11) is 0. The molecule has 6 nitrogen and oxygen atoms in total. The highest BCUT2D eigenvalue weighted by Crippen LogP contribution is 2.45. The van der Waals surface area contributed by atoms with Gasteiger partial charge in [0.05, 0.1) is 5.69 Å². The van der Waals surface area contributed by atoms with Crippen LogP contribution >= 0.6 is 11.6 Å². The van der Waals surface area contributed by atoms with Crippen LogP contribution in [0.15, 0.2) is 47.5 Å². The number of benzene rings is 2. The lowest BCUT2D eigenvalue weighted by Gasteiger charge is -2.42. The zero-order chi connectivity index (χ0) is 19.2. The van der Waals surface area contributed by atoms with Gasteiger partial charge in [0.25, 0.3) is 0 Å². The lowest BCUT2D eigenvalue weighted by atomic mass is 9.73. The molecule has 1 heterocycles. The first-order valence-electron chi connectivity index (χ1n) is 8.82. The van der Waals surface area contributed by atoms with E-state index in [-0.39, 0.29) is 23.1 Å². The first-order chi connectivity index (χ1) is 12.9. The second-order valence-corrected chi connectivity index (χ2v) is 7.36. The number of hydrogen-bond donors (Lipinski definition) is 3. The van der Waals surface area contributed by atoms with Crippen LogP contribution in [0.4, 0.5) is 5.69 Å². The molecule has 1 unspecified atom stereocenters. The van der Waals surface area contributed by atoms with E-state index in [0.717, 1.165) is 6.42 Å². The van der Waals surface area contributed by atoms with Crippen molar-refractivity contribution < 1.29 is 14.6 Å². The number of carbonyl (C=O) groups excluding carboxylic acids is 1. The molecule has 5 N–H and O–H groups in total. The average molecular weight is 386 g/mol. The van der Waals surface area contributed by atoms with E-state index in [1.54, 1.807) is 18.2 Å². The number of nitrogens with zero attached hydrogens (tertiary/aromatic N) is 1. The van der Waals surface area contributed by atoms with Crippen LogP contribution in [0.2, 0.25) is 5.02 Å². The Labute approximate surface area is 161 Å². The summed E-state index contributed by atoms with van der Waals surface area (Å²) in [5.74, 6) is 0.185. The maximum atomic E-state index is 13.1. The van der Waals surface area contributed by atoms with Crippen LogP contribution in [0.1, 0.15) is 36.4 Å². The first-order valence-corrected chi connectivity index (χ1v) is 9.20. The number of phenols is 1. The highest BCUT2D eigenvalue weighted by Gasteiger charge is 2.52. The number of ketones is 1. The Hall–Kier alpha value is -2.57. The number of rotatable bonds is 3. The van der Waals surface area contributed by atoms with E-state index in [4.69, 9.17) is 32.8 Å². The molecule has 1 aliphatic carbocycles. The van der Waals surface area contributed by atoms with E-state index in [1.165, 1.54) is 6.07 Å². The number of carbonyl (C=O) groups is 1. The van der Waals surface area contributed by atoms with E-state index < -0.39 is 17.7 Å². The lowest BCUT2D eigenvalue weighted by Crippen LogP contribution is -2.52. The molecule has 0 spiro atoms. The summed E-state index contributed by atoms with van der Waals surface area (Å²) >= 11 is 6.41. The van der Waals surface area contributed by atoms with Gasteiger partial charge in [-0.25, -0.2) is 4.99 Å². The molecule has 2 bridgehead atoms. The van der Waals surface area contributed by atoms with Gasteiger partial charge in [-0.3, -0.25) is 4.79 Å². The summed E-state index contributed by atoms with van der Waals surface area (Å²) in [6, 6.07) is 11.3. The number of Topliss-reactive ketones (excluding diaryl/α,β-unsaturated/α-hetero) is 1. The van der Waals surface area contributed by atoms with Crippen LogP contribution in [-0.2, 0) is 15.1 Å². The summed E-state index contributed by atoms with van der Waals surface area (Å²) in [5.41, 5.74) is 12.6. The third kappa shape index (κ3) is 2.85. The van der Waals surface area contributed by atoms with Crippen molar-refractivity contribution in [2.24, 2.45) is 10.7 Å². The minimum absolute atomic E-state index is 0.0166. The Kier molecular flexibility index (Phi) is 4.32. The number of anilines is 1. The van der Waals surface area contributed by atoms with Crippen molar-refractivity contribution in [2.75, 3.05) is 5.73 Å². The largest absolute Gasteiger partial charge is 0.506 e. The van der Waals surface area contributed by atoms with Crippen molar-refractivity contribution in [2.45, 2.75) is 36.9 Å². The number of halogens is 1. The van der Waals surface area contributed by atoms with Crippen LogP contribution in [0, 0.1) is 0 Å². The molecule has 0 amide bonds. The topological polar surface area (TPSA) is 111 Å². The van der Waals surface area contributed by atoms with Gasteiger partial charge in [-0.1, -0.05) is 35.9 Å². The van der Waals surface area contributed by atoms with E-state index in [9.17, 15) is 9.90 Å². The minimum atomic E-state index is -1.07. The molecule has 7 heteroatoms. The third-order valence-corrected chi connectivity index (χ3v) is 5.59. The predicted molar refractivity (Wildman–Crippen MR) is 104 cm³/mol. The summed E-state index contributed by atoms with van der Waals surface area (Å²) in [4.78, 5) is 17.8. The highest BCUT2D eigenvalue weighted by molar-refractivity contribution is 6.32. The Balaban J connectivity index is 1.82.